The van der Waals surface area contributed by atoms with Crippen molar-refractivity contribution in [3.63, 3.8) is 0 Å². The zero-order chi connectivity index (χ0) is 14.0. The number of rotatable bonds is 3. The van der Waals surface area contributed by atoms with E-state index in [2.05, 4.69) is 19.9 Å². The second kappa shape index (κ2) is 5.36. The van der Waals surface area contributed by atoms with E-state index in [0.29, 0.717) is 6.42 Å². The first-order chi connectivity index (χ1) is 8.87. The number of benzene rings is 2. The number of aliphatic hydroxyl groups is 1. The van der Waals surface area contributed by atoms with Gasteiger partial charge in [-0.15, -0.1) is 0 Å². The van der Waals surface area contributed by atoms with Crippen LogP contribution >= 0.6 is 11.6 Å². The lowest BCUT2D eigenvalue weighted by atomic mass is 9.87. The molecule has 1 N–H and O–H groups in total. The van der Waals surface area contributed by atoms with Gasteiger partial charge in [0, 0.05) is 11.4 Å². The molecule has 0 radical (unpaired) electrons. The van der Waals surface area contributed by atoms with E-state index in [9.17, 15) is 5.11 Å². The summed E-state index contributed by atoms with van der Waals surface area (Å²) in [5, 5.41) is 11.4. The van der Waals surface area contributed by atoms with E-state index in [4.69, 9.17) is 11.6 Å². The van der Waals surface area contributed by atoms with Crippen molar-refractivity contribution in [2.45, 2.75) is 32.8 Å². The first-order valence-corrected chi connectivity index (χ1v) is 6.80. The molecule has 100 valence electrons. The van der Waals surface area contributed by atoms with E-state index in [1.54, 1.807) is 0 Å². The highest BCUT2D eigenvalue weighted by atomic mass is 35.5. The van der Waals surface area contributed by atoms with E-state index >= 15 is 0 Å². The zero-order valence-corrected chi connectivity index (χ0v) is 12.3. The summed E-state index contributed by atoms with van der Waals surface area (Å²) in [5.74, 6) is 0. The topological polar surface area (TPSA) is 20.2 Å². The summed E-state index contributed by atoms with van der Waals surface area (Å²) in [4.78, 5) is 0. The summed E-state index contributed by atoms with van der Waals surface area (Å²) in [6.45, 7) is 5.96. The third kappa shape index (κ3) is 3.59. The summed E-state index contributed by atoms with van der Waals surface area (Å²) in [6.07, 6.45) is 0.576. The summed E-state index contributed by atoms with van der Waals surface area (Å²) >= 11 is 5.88. The molecule has 0 spiro atoms. The van der Waals surface area contributed by atoms with E-state index < -0.39 is 5.60 Å². The van der Waals surface area contributed by atoms with Crippen LogP contribution in [0, 0.1) is 13.8 Å². The van der Waals surface area contributed by atoms with Crippen molar-refractivity contribution in [2.24, 2.45) is 0 Å². The van der Waals surface area contributed by atoms with E-state index in [-0.39, 0.29) is 0 Å². The molecule has 2 heteroatoms. The molecular formula is C17H19ClO. The minimum absolute atomic E-state index is 0.576. The van der Waals surface area contributed by atoms with Crippen LogP contribution < -0.4 is 0 Å². The highest BCUT2D eigenvalue weighted by molar-refractivity contribution is 6.30. The molecule has 0 fully saturated rings. The fourth-order valence-corrected chi connectivity index (χ4v) is 2.51. The predicted molar refractivity (Wildman–Crippen MR) is 80.6 cm³/mol. The van der Waals surface area contributed by atoms with Gasteiger partial charge in [-0.05, 0) is 44.0 Å². The monoisotopic (exact) mass is 274 g/mol. The third-order valence-corrected chi connectivity index (χ3v) is 3.56. The normalized spacial score (nSPS) is 14.2. The van der Waals surface area contributed by atoms with Gasteiger partial charge in [-0.25, -0.2) is 0 Å². The standard InChI is InChI=1S/C17H19ClO/c1-12-8-13(2)10-15(9-12)17(3,19)11-14-4-6-16(18)7-5-14/h4-10,19H,11H2,1-3H3. The smallest absolute Gasteiger partial charge is 0.0908 e. The minimum Gasteiger partial charge on any atom is -0.385 e. The van der Waals surface area contributed by atoms with Gasteiger partial charge in [-0.2, -0.15) is 0 Å². The van der Waals surface area contributed by atoms with Crippen LogP contribution in [0.3, 0.4) is 0 Å². The number of aryl methyl sites for hydroxylation is 2. The Balaban J connectivity index is 2.28. The molecule has 0 saturated carbocycles. The van der Waals surface area contributed by atoms with Gasteiger partial charge in [-0.1, -0.05) is 53.1 Å². The number of hydrogen-bond acceptors (Lipinski definition) is 1. The Morgan fingerprint density at radius 1 is 1.00 bits per heavy atom. The molecule has 1 unspecified atom stereocenters. The van der Waals surface area contributed by atoms with Crippen LogP contribution in [0.5, 0.6) is 0 Å². The van der Waals surface area contributed by atoms with Gasteiger partial charge in [0.15, 0.2) is 0 Å². The van der Waals surface area contributed by atoms with Crippen molar-refractivity contribution in [3.05, 3.63) is 69.7 Å². The molecule has 0 aliphatic rings. The van der Waals surface area contributed by atoms with Crippen molar-refractivity contribution in [1.29, 1.82) is 0 Å². The molecule has 0 aliphatic carbocycles. The van der Waals surface area contributed by atoms with Crippen molar-refractivity contribution in [1.82, 2.24) is 0 Å². The summed E-state index contributed by atoms with van der Waals surface area (Å²) in [6, 6.07) is 13.8. The highest BCUT2D eigenvalue weighted by Gasteiger charge is 2.23. The lowest BCUT2D eigenvalue weighted by Crippen LogP contribution is -2.24. The maximum Gasteiger partial charge on any atom is 0.0908 e. The highest BCUT2D eigenvalue weighted by Crippen LogP contribution is 2.27. The SMILES string of the molecule is Cc1cc(C)cc(C(C)(O)Cc2ccc(Cl)cc2)c1. The van der Waals surface area contributed by atoms with Gasteiger partial charge in [0.05, 0.1) is 5.60 Å². The van der Waals surface area contributed by atoms with Crippen LogP contribution in [-0.4, -0.2) is 5.11 Å². The van der Waals surface area contributed by atoms with E-state index in [1.807, 2.05) is 43.3 Å². The molecule has 2 rings (SSSR count). The molecular weight excluding hydrogens is 256 g/mol. The van der Waals surface area contributed by atoms with Crippen LogP contribution in [0.4, 0.5) is 0 Å². The van der Waals surface area contributed by atoms with Crippen LogP contribution in [0.2, 0.25) is 5.02 Å². The fourth-order valence-electron chi connectivity index (χ4n) is 2.39. The Bertz CT molecular complexity index is 550. The molecule has 2 aromatic rings. The minimum atomic E-state index is -0.870. The third-order valence-electron chi connectivity index (χ3n) is 3.31. The Hall–Kier alpha value is -1.31. The molecule has 0 aromatic heterocycles. The Labute approximate surface area is 119 Å². The maximum atomic E-state index is 10.7. The Morgan fingerprint density at radius 3 is 2.05 bits per heavy atom. The van der Waals surface area contributed by atoms with Gasteiger partial charge >= 0.3 is 0 Å². The van der Waals surface area contributed by atoms with Gasteiger partial charge in [-0.3, -0.25) is 0 Å². The van der Waals surface area contributed by atoms with Crippen LogP contribution in [0.1, 0.15) is 29.2 Å². The molecule has 1 nitrogen and oxygen atoms in total. The Morgan fingerprint density at radius 2 is 1.53 bits per heavy atom. The largest absolute Gasteiger partial charge is 0.385 e. The van der Waals surface area contributed by atoms with E-state index in [0.717, 1.165) is 16.1 Å². The molecule has 2 aromatic carbocycles. The first kappa shape index (κ1) is 14.1. The zero-order valence-electron chi connectivity index (χ0n) is 11.6. The van der Waals surface area contributed by atoms with Crippen LogP contribution in [0.15, 0.2) is 42.5 Å². The van der Waals surface area contributed by atoms with Gasteiger partial charge < -0.3 is 5.11 Å². The van der Waals surface area contributed by atoms with Crippen molar-refractivity contribution < 1.29 is 5.11 Å². The molecule has 19 heavy (non-hydrogen) atoms. The number of hydrogen-bond donors (Lipinski definition) is 1. The lowest BCUT2D eigenvalue weighted by molar-refractivity contribution is 0.0575. The average Bonchev–Trinajstić information content (AvgIpc) is 2.31. The van der Waals surface area contributed by atoms with Crippen LogP contribution in [0.25, 0.3) is 0 Å². The molecule has 0 saturated heterocycles. The molecule has 1 atom stereocenters. The summed E-state index contributed by atoms with van der Waals surface area (Å²) in [7, 11) is 0. The van der Waals surface area contributed by atoms with Crippen molar-refractivity contribution in [3.8, 4) is 0 Å². The lowest BCUT2D eigenvalue weighted by Gasteiger charge is -2.25. The molecule has 0 bridgehead atoms. The van der Waals surface area contributed by atoms with E-state index in [1.165, 1.54) is 11.1 Å². The van der Waals surface area contributed by atoms with Gasteiger partial charge in [0.25, 0.3) is 0 Å². The quantitative estimate of drug-likeness (QED) is 0.879. The first-order valence-electron chi connectivity index (χ1n) is 6.42. The molecule has 0 heterocycles. The Kier molecular flexibility index (Phi) is 3.98. The van der Waals surface area contributed by atoms with Crippen molar-refractivity contribution >= 4 is 11.6 Å². The average molecular weight is 275 g/mol. The summed E-state index contributed by atoms with van der Waals surface area (Å²) in [5.41, 5.74) is 3.51. The van der Waals surface area contributed by atoms with Crippen LogP contribution in [-0.2, 0) is 12.0 Å². The molecule has 0 aliphatic heterocycles. The second-order valence-corrected chi connectivity index (χ2v) is 5.89. The second-order valence-electron chi connectivity index (χ2n) is 5.45. The van der Waals surface area contributed by atoms with Gasteiger partial charge in [0.2, 0.25) is 0 Å². The number of halogens is 1. The van der Waals surface area contributed by atoms with Crippen molar-refractivity contribution in [2.75, 3.05) is 0 Å². The fraction of sp³-hybridized carbons (Fsp3) is 0.294. The summed E-state index contributed by atoms with van der Waals surface area (Å²) < 4.78 is 0. The van der Waals surface area contributed by atoms with Gasteiger partial charge in [0.1, 0.15) is 0 Å². The maximum absolute atomic E-state index is 10.7. The predicted octanol–water partition coefficient (Wildman–Crippen LogP) is 4.41. The molecule has 0 amide bonds.